The van der Waals surface area contributed by atoms with Crippen LogP contribution in [0.4, 0.5) is 0 Å². The Balaban J connectivity index is 1.62. The molecular weight excluding hydrogens is 364 g/mol. The van der Waals surface area contributed by atoms with Crippen molar-refractivity contribution in [3.63, 3.8) is 0 Å². The van der Waals surface area contributed by atoms with E-state index in [2.05, 4.69) is 20.3 Å². The third-order valence-electron chi connectivity index (χ3n) is 5.06. The number of aromatic nitrogens is 4. The van der Waals surface area contributed by atoms with Gasteiger partial charge in [-0.15, -0.1) is 0 Å². The fraction of sp³-hybridized carbons (Fsp3) is 0.500. The number of piperidine rings is 1. The molecule has 1 fully saturated rings. The predicted octanol–water partition coefficient (Wildman–Crippen LogP) is -1.09. The largest absolute Gasteiger partial charge is 0.350 e. The summed E-state index contributed by atoms with van der Waals surface area (Å²) < 4.78 is 2.29. The number of carbonyl (C=O) groups excluding carboxylic acids is 1. The minimum Gasteiger partial charge on any atom is -0.350 e. The Hall–Kier alpha value is -3.01. The van der Waals surface area contributed by atoms with Crippen molar-refractivity contribution in [2.24, 2.45) is 7.05 Å². The molecule has 3 rings (SSSR count). The van der Waals surface area contributed by atoms with E-state index in [1.165, 1.54) is 17.8 Å². The number of H-pyrrole nitrogens is 1. The third kappa shape index (κ3) is 4.45. The van der Waals surface area contributed by atoms with Crippen molar-refractivity contribution in [1.82, 2.24) is 29.5 Å². The maximum absolute atomic E-state index is 12.4. The molecular formula is C18H24N6O4. The van der Waals surface area contributed by atoms with Crippen LogP contribution in [0.5, 0.6) is 0 Å². The van der Waals surface area contributed by atoms with Crippen LogP contribution in [0, 0.1) is 0 Å². The van der Waals surface area contributed by atoms with Gasteiger partial charge in [0.1, 0.15) is 5.56 Å². The molecule has 150 valence electrons. The van der Waals surface area contributed by atoms with Crippen LogP contribution in [0.25, 0.3) is 0 Å². The molecule has 2 N–H and O–H groups in total. The van der Waals surface area contributed by atoms with Gasteiger partial charge >= 0.3 is 5.69 Å². The summed E-state index contributed by atoms with van der Waals surface area (Å²) in [6, 6.07) is 3.20. The monoisotopic (exact) mass is 388 g/mol. The lowest BCUT2D eigenvalue weighted by Gasteiger charge is -2.35. The van der Waals surface area contributed by atoms with Gasteiger partial charge in [-0.25, -0.2) is 9.48 Å². The molecule has 0 aromatic carbocycles. The van der Waals surface area contributed by atoms with Gasteiger partial charge in [0, 0.05) is 44.6 Å². The number of amides is 1. The highest BCUT2D eigenvalue weighted by Crippen LogP contribution is 2.16. The highest BCUT2D eigenvalue weighted by molar-refractivity contribution is 5.93. The first kappa shape index (κ1) is 19.7. The Labute approximate surface area is 160 Å². The third-order valence-corrected chi connectivity index (χ3v) is 5.06. The maximum Gasteiger partial charge on any atom is 0.328 e. The first-order valence-electron chi connectivity index (χ1n) is 9.30. The predicted molar refractivity (Wildman–Crippen MR) is 102 cm³/mol. The van der Waals surface area contributed by atoms with Gasteiger partial charge in [-0.1, -0.05) is 6.42 Å². The second kappa shape index (κ2) is 8.79. The van der Waals surface area contributed by atoms with Gasteiger partial charge in [0.25, 0.3) is 17.0 Å². The van der Waals surface area contributed by atoms with Crippen molar-refractivity contribution in [1.29, 1.82) is 0 Å². The molecule has 28 heavy (non-hydrogen) atoms. The number of hydrogen-bond donors (Lipinski definition) is 2. The number of nitrogens with one attached hydrogen (secondary N) is 2. The van der Waals surface area contributed by atoms with Crippen LogP contribution in [0.1, 0.15) is 29.6 Å². The van der Waals surface area contributed by atoms with Crippen molar-refractivity contribution in [3.05, 3.63) is 61.3 Å². The van der Waals surface area contributed by atoms with E-state index >= 15 is 0 Å². The number of rotatable bonds is 6. The van der Waals surface area contributed by atoms with Crippen LogP contribution in [0.3, 0.4) is 0 Å². The van der Waals surface area contributed by atoms with Crippen molar-refractivity contribution >= 4 is 5.91 Å². The zero-order valence-electron chi connectivity index (χ0n) is 15.8. The normalized spacial score (nSPS) is 17.4. The van der Waals surface area contributed by atoms with Gasteiger partial charge in [-0.2, -0.15) is 5.10 Å². The Bertz CT molecular complexity index is 1010. The second-order valence-electron chi connectivity index (χ2n) is 6.85. The summed E-state index contributed by atoms with van der Waals surface area (Å²) in [6.45, 7) is 2.39. The molecule has 1 amide bonds. The summed E-state index contributed by atoms with van der Waals surface area (Å²) >= 11 is 0. The highest BCUT2D eigenvalue weighted by Gasteiger charge is 2.23. The van der Waals surface area contributed by atoms with Gasteiger partial charge < -0.3 is 10.3 Å². The van der Waals surface area contributed by atoms with E-state index < -0.39 is 17.2 Å². The average molecular weight is 388 g/mol. The zero-order valence-corrected chi connectivity index (χ0v) is 15.8. The van der Waals surface area contributed by atoms with E-state index in [0.29, 0.717) is 19.6 Å². The number of hydrogen-bond acceptors (Lipinski definition) is 6. The summed E-state index contributed by atoms with van der Waals surface area (Å²) in [5.74, 6) is -0.511. The number of aromatic amines is 1. The molecule has 0 radical (unpaired) electrons. The Morgan fingerprint density at radius 3 is 2.89 bits per heavy atom. The summed E-state index contributed by atoms with van der Waals surface area (Å²) in [7, 11) is 1.32. The van der Waals surface area contributed by atoms with Gasteiger partial charge in [-0.05, 0) is 25.5 Å². The van der Waals surface area contributed by atoms with Gasteiger partial charge in [-0.3, -0.25) is 23.9 Å². The van der Waals surface area contributed by atoms with Crippen molar-refractivity contribution < 1.29 is 4.79 Å². The number of carbonyl (C=O) groups is 1. The Kier molecular flexibility index (Phi) is 6.19. The fourth-order valence-electron chi connectivity index (χ4n) is 3.40. The second-order valence-corrected chi connectivity index (χ2v) is 6.85. The molecule has 2 aromatic heterocycles. The smallest absolute Gasteiger partial charge is 0.328 e. The zero-order chi connectivity index (χ0) is 20.1. The number of likely N-dealkylation sites (tertiary alicyclic amines) is 1. The van der Waals surface area contributed by atoms with E-state index in [4.69, 9.17) is 0 Å². The van der Waals surface area contributed by atoms with Crippen molar-refractivity contribution in [2.75, 3.05) is 19.6 Å². The molecule has 3 heterocycles. The molecule has 0 saturated carbocycles. The van der Waals surface area contributed by atoms with Crippen LogP contribution in [0.15, 0.2) is 38.9 Å². The van der Waals surface area contributed by atoms with Gasteiger partial charge in [0.2, 0.25) is 0 Å². The molecule has 0 bridgehead atoms. The summed E-state index contributed by atoms with van der Waals surface area (Å²) in [4.78, 5) is 52.3. The quantitative estimate of drug-likeness (QED) is 0.649. The Morgan fingerprint density at radius 2 is 2.11 bits per heavy atom. The van der Waals surface area contributed by atoms with Crippen molar-refractivity contribution in [2.45, 2.75) is 31.8 Å². The lowest BCUT2D eigenvalue weighted by molar-refractivity contribution is 0.0906. The lowest BCUT2D eigenvalue weighted by atomic mass is 10.0. The minimum atomic E-state index is -0.628. The molecule has 0 spiro atoms. The van der Waals surface area contributed by atoms with E-state index in [0.717, 1.165) is 36.6 Å². The number of nitrogens with zero attached hydrogens (tertiary/aromatic N) is 4. The van der Waals surface area contributed by atoms with Crippen molar-refractivity contribution in [3.8, 4) is 0 Å². The highest BCUT2D eigenvalue weighted by atomic mass is 16.2. The molecule has 1 atom stereocenters. The minimum absolute atomic E-state index is 0.0931. The van der Waals surface area contributed by atoms with E-state index in [1.807, 2.05) is 0 Å². The van der Waals surface area contributed by atoms with Gasteiger partial charge in [0.05, 0.1) is 6.54 Å². The average Bonchev–Trinajstić information content (AvgIpc) is 2.70. The SMILES string of the molecule is Cn1c(=O)[nH]cc(C(=O)NCC2CCCCN2CCn2ncccc2=O)c1=O. The molecule has 1 saturated heterocycles. The van der Waals surface area contributed by atoms with Crippen LogP contribution in [0.2, 0.25) is 0 Å². The van der Waals surface area contributed by atoms with E-state index in [9.17, 15) is 19.2 Å². The fourth-order valence-corrected chi connectivity index (χ4v) is 3.40. The van der Waals surface area contributed by atoms with E-state index in [1.54, 1.807) is 12.3 Å². The van der Waals surface area contributed by atoms with Crippen LogP contribution >= 0.6 is 0 Å². The maximum atomic E-state index is 12.4. The van der Waals surface area contributed by atoms with E-state index in [-0.39, 0.29) is 17.2 Å². The summed E-state index contributed by atoms with van der Waals surface area (Å²) in [6.07, 6.45) is 5.76. The topological polar surface area (TPSA) is 122 Å². The molecule has 0 aliphatic carbocycles. The molecule has 1 unspecified atom stereocenters. The summed E-state index contributed by atoms with van der Waals surface area (Å²) in [5, 5.41) is 6.86. The van der Waals surface area contributed by atoms with Crippen LogP contribution < -0.4 is 22.1 Å². The molecule has 10 nitrogen and oxygen atoms in total. The van der Waals surface area contributed by atoms with Crippen LogP contribution in [-0.2, 0) is 13.6 Å². The molecule has 1 aliphatic heterocycles. The summed E-state index contributed by atoms with van der Waals surface area (Å²) in [5.41, 5.74) is -1.43. The standard InChI is InChI=1S/C18H24N6O4/c1-22-17(27)14(12-20-18(22)28)16(26)19-11-13-5-2-3-8-23(13)9-10-24-15(25)6-4-7-21-24/h4,6-7,12-13H,2-3,5,8-11H2,1H3,(H,19,26)(H,20,28). The molecule has 1 aliphatic rings. The lowest BCUT2D eigenvalue weighted by Crippen LogP contribution is -2.49. The molecule has 10 heteroatoms. The first-order chi connectivity index (χ1) is 13.5. The molecule has 2 aromatic rings. The Morgan fingerprint density at radius 1 is 1.29 bits per heavy atom. The van der Waals surface area contributed by atoms with Crippen LogP contribution in [-0.4, -0.2) is 55.8 Å². The van der Waals surface area contributed by atoms with Gasteiger partial charge in [0.15, 0.2) is 0 Å². The first-order valence-corrected chi connectivity index (χ1v) is 9.30.